The van der Waals surface area contributed by atoms with Crippen LogP contribution in [-0.4, -0.2) is 17.8 Å². The summed E-state index contributed by atoms with van der Waals surface area (Å²) in [5.74, 6) is -0.750. The molecule has 0 N–H and O–H groups in total. The molecule has 0 unspecified atom stereocenters. The number of amides is 4. The van der Waals surface area contributed by atoms with Crippen LogP contribution in [0.1, 0.15) is 11.1 Å². The predicted octanol–water partition coefficient (Wildman–Crippen LogP) is 6.50. The third-order valence-corrected chi connectivity index (χ3v) is 6.00. The summed E-state index contributed by atoms with van der Waals surface area (Å²) in [6.45, 7) is 0.345. The van der Waals surface area contributed by atoms with Crippen LogP contribution in [0.3, 0.4) is 0 Å². The van der Waals surface area contributed by atoms with Crippen LogP contribution >= 0.6 is 11.6 Å². The van der Waals surface area contributed by atoms with Crippen LogP contribution in [0, 0.1) is 0 Å². The van der Waals surface area contributed by atoms with E-state index in [-0.39, 0.29) is 5.57 Å². The van der Waals surface area contributed by atoms with Crippen molar-refractivity contribution in [3.63, 3.8) is 0 Å². The van der Waals surface area contributed by atoms with Gasteiger partial charge in [0.05, 0.1) is 11.4 Å². The Hall–Kier alpha value is -4.68. The zero-order valence-electron chi connectivity index (χ0n) is 19.6. The molecule has 1 fully saturated rings. The van der Waals surface area contributed by atoms with Crippen LogP contribution in [-0.2, 0) is 16.2 Å². The van der Waals surface area contributed by atoms with Gasteiger partial charge in [0.15, 0.2) is 0 Å². The fraction of sp³-hybridized carbons (Fsp3) is 0.0333. The Kier molecular flexibility index (Phi) is 6.83. The average Bonchev–Trinajstić information content (AvgIpc) is 2.92. The van der Waals surface area contributed by atoms with Gasteiger partial charge in [-0.05, 0) is 65.7 Å². The number of halogens is 1. The number of barbiturate groups is 1. The Balaban J connectivity index is 1.45. The molecule has 1 saturated heterocycles. The van der Waals surface area contributed by atoms with Gasteiger partial charge in [0.2, 0.25) is 0 Å². The molecule has 4 amide bonds. The maximum absolute atomic E-state index is 13.4. The first-order valence-electron chi connectivity index (χ1n) is 11.5. The Morgan fingerprint density at radius 3 is 1.78 bits per heavy atom. The summed E-state index contributed by atoms with van der Waals surface area (Å²) in [6.07, 6.45) is 1.49. The van der Waals surface area contributed by atoms with Crippen molar-refractivity contribution in [2.45, 2.75) is 6.61 Å². The molecular weight excluding hydrogens is 488 g/mol. The number of para-hydroxylation sites is 2. The fourth-order valence-corrected chi connectivity index (χ4v) is 4.17. The minimum atomic E-state index is -0.727. The van der Waals surface area contributed by atoms with E-state index in [0.29, 0.717) is 34.3 Å². The summed E-state index contributed by atoms with van der Waals surface area (Å²) in [7, 11) is 0. The van der Waals surface area contributed by atoms with Crippen LogP contribution < -0.4 is 14.5 Å². The second kappa shape index (κ2) is 10.5. The number of imide groups is 2. The molecule has 0 aromatic heterocycles. The number of ether oxygens (including phenoxy) is 1. The van der Waals surface area contributed by atoms with E-state index in [2.05, 4.69) is 0 Å². The van der Waals surface area contributed by atoms with Gasteiger partial charge in [-0.25, -0.2) is 14.6 Å². The molecule has 0 saturated carbocycles. The number of anilines is 2. The van der Waals surface area contributed by atoms with E-state index in [9.17, 15) is 14.4 Å². The zero-order chi connectivity index (χ0) is 25.8. The highest BCUT2D eigenvalue weighted by Crippen LogP contribution is 2.29. The van der Waals surface area contributed by atoms with E-state index in [0.717, 1.165) is 15.4 Å². The normalized spacial score (nSPS) is 13.6. The van der Waals surface area contributed by atoms with Crippen molar-refractivity contribution in [2.24, 2.45) is 0 Å². The van der Waals surface area contributed by atoms with Crippen LogP contribution in [0.5, 0.6) is 5.75 Å². The Labute approximate surface area is 219 Å². The number of rotatable bonds is 6. The second-order valence-electron chi connectivity index (χ2n) is 8.28. The molecular formula is C30H21ClN2O4. The van der Waals surface area contributed by atoms with E-state index in [1.54, 1.807) is 91.0 Å². The lowest BCUT2D eigenvalue weighted by Crippen LogP contribution is -2.57. The number of carbonyl (C=O) groups is 3. The molecule has 5 rings (SSSR count). The zero-order valence-corrected chi connectivity index (χ0v) is 20.3. The molecule has 0 spiro atoms. The molecule has 37 heavy (non-hydrogen) atoms. The largest absolute Gasteiger partial charge is 0.489 e. The van der Waals surface area contributed by atoms with Crippen molar-refractivity contribution in [1.29, 1.82) is 0 Å². The molecule has 7 heteroatoms. The summed E-state index contributed by atoms with van der Waals surface area (Å²) in [4.78, 5) is 42.3. The molecule has 1 heterocycles. The van der Waals surface area contributed by atoms with Crippen LogP contribution in [0.2, 0.25) is 5.02 Å². The highest BCUT2D eigenvalue weighted by atomic mass is 35.5. The summed E-state index contributed by atoms with van der Waals surface area (Å²) >= 11 is 6.03. The standard InChI is InChI=1S/C30H21ClN2O4/c31-23-9-7-8-22(18-23)20-37-26-16-14-21(15-17-26)19-27-28(34)32(24-10-3-1-4-11-24)30(36)33(29(27)35)25-12-5-2-6-13-25/h1-19H,20H2. The first-order chi connectivity index (χ1) is 18.0. The van der Waals surface area contributed by atoms with Crippen LogP contribution in [0.15, 0.2) is 115 Å². The summed E-state index contributed by atoms with van der Waals surface area (Å²) in [6, 6.07) is 30.8. The minimum absolute atomic E-state index is 0.125. The fourth-order valence-electron chi connectivity index (χ4n) is 3.96. The number of urea groups is 1. The van der Waals surface area contributed by atoms with Crippen molar-refractivity contribution in [1.82, 2.24) is 0 Å². The van der Waals surface area contributed by atoms with E-state index < -0.39 is 17.8 Å². The van der Waals surface area contributed by atoms with Crippen molar-refractivity contribution < 1.29 is 19.1 Å². The first kappa shape index (κ1) is 24.0. The lowest BCUT2D eigenvalue weighted by atomic mass is 10.0. The summed E-state index contributed by atoms with van der Waals surface area (Å²) in [5, 5.41) is 0.637. The molecule has 6 nitrogen and oxygen atoms in total. The van der Waals surface area contributed by atoms with Gasteiger partial charge < -0.3 is 4.74 Å². The topological polar surface area (TPSA) is 66.9 Å². The third-order valence-electron chi connectivity index (χ3n) is 5.76. The molecule has 4 aromatic carbocycles. The molecule has 0 radical (unpaired) electrons. The van der Waals surface area contributed by atoms with Crippen LogP contribution in [0.25, 0.3) is 6.08 Å². The number of carbonyl (C=O) groups excluding carboxylic acids is 3. The van der Waals surface area contributed by atoms with E-state index in [1.807, 2.05) is 18.2 Å². The number of benzene rings is 4. The maximum Gasteiger partial charge on any atom is 0.343 e. The smallest absolute Gasteiger partial charge is 0.343 e. The van der Waals surface area contributed by atoms with E-state index in [1.165, 1.54) is 6.08 Å². The van der Waals surface area contributed by atoms with Gasteiger partial charge >= 0.3 is 6.03 Å². The summed E-state index contributed by atoms with van der Waals surface area (Å²) in [5.41, 5.74) is 2.18. The Morgan fingerprint density at radius 1 is 0.676 bits per heavy atom. The van der Waals surface area contributed by atoms with Crippen molar-refractivity contribution in [2.75, 3.05) is 9.80 Å². The third kappa shape index (κ3) is 5.15. The molecule has 0 aliphatic carbocycles. The molecule has 0 bridgehead atoms. The second-order valence-corrected chi connectivity index (χ2v) is 8.72. The van der Waals surface area contributed by atoms with Crippen LogP contribution in [0.4, 0.5) is 16.2 Å². The summed E-state index contributed by atoms with van der Waals surface area (Å²) < 4.78 is 5.82. The lowest BCUT2D eigenvalue weighted by Gasteiger charge is -2.33. The first-order valence-corrected chi connectivity index (χ1v) is 11.9. The molecule has 0 atom stereocenters. The Bertz CT molecular complexity index is 1420. The van der Waals surface area contributed by atoms with Gasteiger partial charge in [0.25, 0.3) is 11.8 Å². The highest BCUT2D eigenvalue weighted by Gasteiger charge is 2.43. The number of hydrogen-bond donors (Lipinski definition) is 0. The average molecular weight is 509 g/mol. The van der Waals surface area contributed by atoms with Crippen molar-refractivity contribution >= 4 is 46.9 Å². The SMILES string of the molecule is O=C1C(=Cc2ccc(OCc3cccc(Cl)c3)cc2)C(=O)N(c2ccccc2)C(=O)N1c1ccccc1. The maximum atomic E-state index is 13.4. The van der Waals surface area contributed by atoms with Gasteiger partial charge in [-0.2, -0.15) is 0 Å². The quantitative estimate of drug-likeness (QED) is 0.220. The van der Waals surface area contributed by atoms with E-state index >= 15 is 0 Å². The number of hydrogen-bond acceptors (Lipinski definition) is 4. The minimum Gasteiger partial charge on any atom is -0.489 e. The monoisotopic (exact) mass is 508 g/mol. The van der Waals surface area contributed by atoms with Gasteiger partial charge in [-0.1, -0.05) is 72.3 Å². The molecule has 4 aromatic rings. The molecule has 1 aliphatic rings. The Morgan fingerprint density at radius 2 is 1.24 bits per heavy atom. The highest BCUT2D eigenvalue weighted by molar-refractivity contribution is 6.46. The lowest BCUT2D eigenvalue weighted by molar-refractivity contribution is -0.121. The van der Waals surface area contributed by atoms with Gasteiger partial charge in [-0.15, -0.1) is 0 Å². The van der Waals surface area contributed by atoms with Crippen molar-refractivity contribution in [3.8, 4) is 5.75 Å². The number of nitrogens with zero attached hydrogens (tertiary/aromatic N) is 2. The van der Waals surface area contributed by atoms with Gasteiger partial charge in [0.1, 0.15) is 17.9 Å². The van der Waals surface area contributed by atoms with Crippen molar-refractivity contribution in [3.05, 3.63) is 131 Å². The van der Waals surface area contributed by atoms with E-state index in [4.69, 9.17) is 16.3 Å². The van der Waals surface area contributed by atoms with Gasteiger partial charge in [0, 0.05) is 5.02 Å². The predicted molar refractivity (Wildman–Crippen MR) is 143 cm³/mol. The molecule has 182 valence electrons. The van der Waals surface area contributed by atoms with Gasteiger partial charge in [-0.3, -0.25) is 9.59 Å². The molecule has 1 aliphatic heterocycles.